The van der Waals surface area contributed by atoms with E-state index in [2.05, 4.69) is 11.3 Å². The molecule has 0 aliphatic carbocycles. The van der Waals surface area contributed by atoms with Gasteiger partial charge in [-0.15, -0.1) is 0 Å². The van der Waals surface area contributed by atoms with E-state index >= 15 is 0 Å². The molecule has 0 aromatic carbocycles. The van der Waals surface area contributed by atoms with E-state index in [-0.39, 0.29) is 17.9 Å². The molecular formula is C11H18F3NO5S. The summed E-state index contributed by atoms with van der Waals surface area (Å²) in [5, 5.41) is 0. The highest BCUT2D eigenvalue weighted by atomic mass is 32.2. The zero-order chi connectivity index (χ0) is 17.0. The fraction of sp³-hybridized carbons (Fsp3) is 0.727. The van der Waals surface area contributed by atoms with Gasteiger partial charge in [0, 0.05) is 5.57 Å². The van der Waals surface area contributed by atoms with Crippen molar-refractivity contribution in [3.63, 3.8) is 0 Å². The second-order valence-electron chi connectivity index (χ2n) is 4.90. The molecule has 0 rings (SSSR count). The fourth-order valence-electron chi connectivity index (χ4n) is 1.60. The van der Waals surface area contributed by atoms with Gasteiger partial charge in [0.15, 0.2) is 0 Å². The molecule has 0 radical (unpaired) electrons. The lowest BCUT2D eigenvalue weighted by atomic mass is 10.0. The number of hydrogen-bond donors (Lipinski definition) is 1. The predicted octanol–water partition coefficient (Wildman–Crippen LogP) is 2.15. The molecule has 0 bridgehead atoms. The van der Waals surface area contributed by atoms with Crippen LogP contribution in [0.3, 0.4) is 0 Å². The molecule has 0 saturated carbocycles. The number of esters is 1. The van der Waals surface area contributed by atoms with Crippen LogP contribution in [0.25, 0.3) is 0 Å². The molecule has 6 nitrogen and oxygen atoms in total. The maximum Gasteiger partial charge on any atom is 0.475 e. The number of halogens is 3. The number of ether oxygens (including phenoxy) is 1. The summed E-state index contributed by atoms with van der Waals surface area (Å²) in [5.74, 6) is -1.27. The van der Waals surface area contributed by atoms with E-state index in [0.29, 0.717) is 0 Å². The Morgan fingerprint density at radius 1 is 1.38 bits per heavy atom. The Bertz CT molecular complexity index is 487. The topological polar surface area (TPSA) is 83.9 Å². The third kappa shape index (κ3) is 6.91. The summed E-state index contributed by atoms with van der Waals surface area (Å²) in [4.78, 5) is 11.2. The lowest BCUT2D eigenvalue weighted by molar-refractivity contribution is -0.228. The molecule has 0 aromatic heterocycles. The van der Waals surface area contributed by atoms with E-state index < -0.39 is 39.5 Å². The van der Waals surface area contributed by atoms with E-state index in [9.17, 15) is 26.4 Å². The summed E-state index contributed by atoms with van der Waals surface area (Å²) in [6.45, 7) is 6.83. The van der Waals surface area contributed by atoms with Crippen LogP contribution < -0.4 is 0 Å². The number of carbonyl (C=O) groups excluding carboxylic acids is 1. The molecule has 1 N–H and O–H groups in total. The van der Waals surface area contributed by atoms with Crippen LogP contribution in [0.4, 0.5) is 13.2 Å². The van der Waals surface area contributed by atoms with Gasteiger partial charge in [-0.3, -0.25) is 4.55 Å². The zero-order valence-corrected chi connectivity index (χ0v) is 12.7. The van der Waals surface area contributed by atoms with Crippen molar-refractivity contribution >= 4 is 16.3 Å². The Hall–Kier alpha value is -1.13. The van der Waals surface area contributed by atoms with Crippen molar-refractivity contribution in [2.24, 2.45) is 5.92 Å². The summed E-state index contributed by atoms with van der Waals surface area (Å²) >= 11 is 0. The minimum absolute atomic E-state index is 0.0382. The third-order valence-corrected chi connectivity index (χ3v) is 3.33. The van der Waals surface area contributed by atoms with Crippen LogP contribution in [0.2, 0.25) is 0 Å². The third-order valence-electron chi connectivity index (χ3n) is 2.33. The first kappa shape index (κ1) is 19.9. The molecule has 0 aliphatic rings. The monoisotopic (exact) mass is 333 g/mol. The molecule has 10 heteroatoms. The SMILES string of the molecule is C=C(C)C(=O)OCC(CC(C)C)N(C(F)(F)F)S(=O)(=O)O. The van der Waals surface area contributed by atoms with E-state index in [0.717, 1.165) is 0 Å². The van der Waals surface area contributed by atoms with Gasteiger partial charge in [-0.25, -0.2) is 4.79 Å². The average molecular weight is 333 g/mol. The van der Waals surface area contributed by atoms with Gasteiger partial charge in [0.1, 0.15) is 6.61 Å². The van der Waals surface area contributed by atoms with Crippen molar-refractivity contribution in [3.8, 4) is 0 Å². The van der Waals surface area contributed by atoms with Gasteiger partial charge in [-0.2, -0.15) is 21.6 Å². The lowest BCUT2D eigenvalue weighted by Gasteiger charge is -2.30. The van der Waals surface area contributed by atoms with Gasteiger partial charge in [0.2, 0.25) is 0 Å². The van der Waals surface area contributed by atoms with Gasteiger partial charge < -0.3 is 4.74 Å². The quantitative estimate of drug-likeness (QED) is 0.334. The number of nitrogens with zero attached hydrogens (tertiary/aromatic N) is 1. The van der Waals surface area contributed by atoms with Crippen LogP contribution in [-0.2, 0) is 19.8 Å². The van der Waals surface area contributed by atoms with E-state index in [1.165, 1.54) is 6.92 Å². The smallest absolute Gasteiger partial charge is 0.461 e. The highest BCUT2D eigenvalue weighted by Gasteiger charge is 2.50. The zero-order valence-electron chi connectivity index (χ0n) is 11.8. The van der Waals surface area contributed by atoms with Crippen LogP contribution in [0, 0.1) is 5.92 Å². The minimum Gasteiger partial charge on any atom is -0.461 e. The first-order chi connectivity index (χ1) is 9.26. The normalized spacial score (nSPS) is 14.3. The molecule has 0 aromatic rings. The van der Waals surface area contributed by atoms with Crippen LogP contribution in [0.5, 0.6) is 0 Å². The molecular weight excluding hydrogens is 315 g/mol. The van der Waals surface area contributed by atoms with E-state index in [4.69, 9.17) is 4.55 Å². The number of hydrogen-bond acceptors (Lipinski definition) is 4. The first-order valence-corrected chi connectivity index (χ1v) is 7.32. The average Bonchev–Trinajstić information content (AvgIpc) is 2.20. The fourth-order valence-corrected chi connectivity index (χ4v) is 2.38. The van der Waals surface area contributed by atoms with Crippen LogP contribution >= 0.6 is 0 Å². The standard InChI is InChI=1S/C11H18F3NO5S/c1-7(2)5-9(6-20-10(16)8(3)4)15(11(12,13)14)21(17,18)19/h7,9H,3,5-6H2,1-2,4H3,(H,17,18,19). The minimum atomic E-state index is -5.54. The second-order valence-corrected chi connectivity index (χ2v) is 6.19. The Balaban J connectivity index is 5.35. The Morgan fingerprint density at radius 2 is 1.86 bits per heavy atom. The molecule has 0 heterocycles. The second kappa shape index (κ2) is 7.23. The van der Waals surface area contributed by atoms with Crippen molar-refractivity contribution in [1.29, 1.82) is 0 Å². The summed E-state index contributed by atoms with van der Waals surface area (Å²) in [5.41, 5.74) is -0.0382. The summed E-state index contributed by atoms with van der Waals surface area (Å²) in [6.07, 6.45) is -5.59. The van der Waals surface area contributed by atoms with E-state index in [1.807, 2.05) is 0 Å². The van der Waals surface area contributed by atoms with Crippen LogP contribution in [-0.4, -0.2) is 42.2 Å². The molecule has 124 valence electrons. The summed E-state index contributed by atoms with van der Waals surface area (Å²) < 4.78 is 72.8. The lowest BCUT2D eigenvalue weighted by Crippen LogP contribution is -2.51. The van der Waals surface area contributed by atoms with Crippen LogP contribution in [0.1, 0.15) is 27.2 Å². The number of alkyl halides is 3. The largest absolute Gasteiger partial charge is 0.475 e. The van der Waals surface area contributed by atoms with E-state index in [1.54, 1.807) is 13.8 Å². The van der Waals surface area contributed by atoms with Crippen molar-refractivity contribution in [2.45, 2.75) is 39.5 Å². The van der Waals surface area contributed by atoms with Crippen molar-refractivity contribution in [2.75, 3.05) is 6.61 Å². The summed E-state index contributed by atoms with van der Waals surface area (Å²) in [6, 6.07) is -1.76. The molecule has 0 spiro atoms. The molecule has 21 heavy (non-hydrogen) atoms. The van der Waals surface area contributed by atoms with Crippen LogP contribution in [0.15, 0.2) is 12.2 Å². The maximum absolute atomic E-state index is 12.8. The highest BCUT2D eigenvalue weighted by Crippen LogP contribution is 2.29. The molecule has 0 aliphatic heterocycles. The van der Waals surface area contributed by atoms with Crippen molar-refractivity contribution in [1.82, 2.24) is 4.31 Å². The van der Waals surface area contributed by atoms with Gasteiger partial charge in [0.25, 0.3) is 0 Å². The van der Waals surface area contributed by atoms with Gasteiger partial charge >= 0.3 is 22.6 Å². The Kier molecular flexibility index (Phi) is 6.84. The number of rotatable bonds is 7. The molecule has 1 unspecified atom stereocenters. The molecule has 0 saturated heterocycles. The Morgan fingerprint density at radius 3 is 2.14 bits per heavy atom. The van der Waals surface area contributed by atoms with Gasteiger partial charge in [-0.1, -0.05) is 24.7 Å². The first-order valence-electron chi connectivity index (χ1n) is 5.93. The predicted molar refractivity (Wildman–Crippen MR) is 68.5 cm³/mol. The highest BCUT2D eigenvalue weighted by molar-refractivity contribution is 7.83. The van der Waals surface area contributed by atoms with Crippen molar-refractivity contribution in [3.05, 3.63) is 12.2 Å². The number of carbonyl (C=O) groups is 1. The molecule has 1 atom stereocenters. The molecule has 0 fully saturated rings. The molecule has 0 amide bonds. The van der Waals surface area contributed by atoms with Gasteiger partial charge in [-0.05, 0) is 19.3 Å². The summed E-state index contributed by atoms with van der Waals surface area (Å²) in [7, 11) is -5.54. The maximum atomic E-state index is 12.8. The Labute approximate surface area is 121 Å². The van der Waals surface area contributed by atoms with Gasteiger partial charge in [0.05, 0.1) is 6.04 Å². The van der Waals surface area contributed by atoms with Crippen molar-refractivity contribution < 1.29 is 35.7 Å².